The molecule has 0 radical (unpaired) electrons. The second kappa shape index (κ2) is 7.43. The van der Waals surface area contributed by atoms with Crippen LogP contribution in [0.2, 0.25) is 5.02 Å². The predicted molar refractivity (Wildman–Crippen MR) is 123 cm³/mol. The van der Waals surface area contributed by atoms with Crippen LogP contribution in [-0.2, 0) is 9.59 Å². The van der Waals surface area contributed by atoms with E-state index in [9.17, 15) is 14.7 Å². The van der Waals surface area contributed by atoms with Crippen LogP contribution in [0.3, 0.4) is 0 Å². The summed E-state index contributed by atoms with van der Waals surface area (Å²) in [5, 5.41) is 12.5. The predicted octanol–water partition coefficient (Wildman–Crippen LogP) is 5.66. The zero-order valence-corrected chi connectivity index (χ0v) is 18.1. The van der Waals surface area contributed by atoms with Crippen molar-refractivity contribution in [3.63, 3.8) is 0 Å². The van der Waals surface area contributed by atoms with Gasteiger partial charge in [0.2, 0.25) is 0 Å². The summed E-state index contributed by atoms with van der Waals surface area (Å²) < 4.78 is 5.82. The average molecular weight is 447 g/mol. The van der Waals surface area contributed by atoms with E-state index in [-0.39, 0.29) is 11.3 Å². The Labute approximate surface area is 188 Å². The number of carbonyl (C=O) groups excluding carboxylic acids is 2. The van der Waals surface area contributed by atoms with E-state index in [2.05, 4.69) is 4.98 Å². The molecular weight excluding hydrogens is 428 g/mol. The van der Waals surface area contributed by atoms with E-state index in [1.807, 2.05) is 31.2 Å². The Morgan fingerprint density at radius 3 is 2.59 bits per heavy atom. The fraction of sp³-hybridized carbons (Fsp3) is 0.120. The molecule has 2 aromatic heterocycles. The molecule has 2 aromatic carbocycles. The minimum Gasteiger partial charge on any atom is -0.507 e. The molecule has 3 heterocycles. The van der Waals surface area contributed by atoms with Crippen LogP contribution in [-0.4, -0.2) is 21.8 Å². The monoisotopic (exact) mass is 446 g/mol. The summed E-state index contributed by atoms with van der Waals surface area (Å²) in [7, 11) is 0. The van der Waals surface area contributed by atoms with Gasteiger partial charge in [0.05, 0.1) is 5.57 Å². The number of aromatic nitrogens is 1. The van der Waals surface area contributed by atoms with Crippen LogP contribution < -0.4 is 4.90 Å². The fourth-order valence-corrected chi connectivity index (χ4v) is 4.29. The second-order valence-corrected chi connectivity index (χ2v) is 8.21. The van der Waals surface area contributed by atoms with Gasteiger partial charge in [0, 0.05) is 33.4 Å². The zero-order valence-electron chi connectivity index (χ0n) is 17.3. The van der Waals surface area contributed by atoms with Gasteiger partial charge in [0.1, 0.15) is 23.3 Å². The minimum atomic E-state index is -0.934. The van der Waals surface area contributed by atoms with E-state index in [1.54, 1.807) is 43.5 Å². The van der Waals surface area contributed by atoms with Gasteiger partial charge in [-0.05, 0) is 49.7 Å². The molecule has 0 saturated carbocycles. The molecule has 0 aliphatic carbocycles. The van der Waals surface area contributed by atoms with Gasteiger partial charge < -0.3 is 14.5 Å². The lowest BCUT2D eigenvalue weighted by Crippen LogP contribution is -2.29. The highest BCUT2D eigenvalue weighted by molar-refractivity contribution is 6.52. The lowest BCUT2D eigenvalue weighted by Gasteiger charge is -2.23. The molecule has 6 nitrogen and oxygen atoms in total. The highest BCUT2D eigenvalue weighted by Crippen LogP contribution is 2.44. The van der Waals surface area contributed by atoms with E-state index < -0.39 is 17.7 Å². The van der Waals surface area contributed by atoms with Crippen molar-refractivity contribution in [2.75, 3.05) is 4.90 Å². The molecule has 7 heteroatoms. The summed E-state index contributed by atoms with van der Waals surface area (Å²) in [5.41, 5.74) is 2.49. The average Bonchev–Trinajstić information content (AvgIpc) is 3.46. The smallest absolute Gasteiger partial charge is 0.300 e. The van der Waals surface area contributed by atoms with E-state index in [1.165, 1.54) is 4.90 Å². The lowest BCUT2D eigenvalue weighted by atomic mass is 9.99. The molecule has 1 unspecified atom stereocenters. The van der Waals surface area contributed by atoms with Gasteiger partial charge in [-0.15, -0.1) is 0 Å². The number of furan rings is 1. The van der Waals surface area contributed by atoms with Crippen LogP contribution >= 0.6 is 11.6 Å². The molecule has 0 spiro atoms. The maximum Gasteiger partial charge on any atom is 0.300 e. The van der Waals surface area contributed by atoms with Gasteiger partial charge in [-0.1, -0.05) is 35.9 Å². The number of ketones is 1. The number of halogens is 1. The van der Waals surface area contributed by atoms with Crippen molar-refractivity contribution in [3.05, 3.63) is 94.0 Å². The quantitative estimate of drug-likeness (QED) is 0.241. The number of anilines is 1. The zero-order chi connectivity index (χ0) is 22.6. The van der Waals surface area contributed by atoms with Crippen molar-refractivity contribution in [2.45, 2.75) is 19.9 Å². The Bertz CT molecular complexity index is 1430. The van der Waals surface area contributed by atoms with Crippen molar-refractivity contribution < 1.29 is 19.1 Å². The number of rotatable bonds is 3. The third kappa shape index (κ3) is 3.03. The molecule has 2 N–H and O–H groups in total. The number of aryl methyl sites for hydroxylation is 2. The van der Waals surface area contributed by atoms with Crippen molar-refractivity contribution in [3.8, 4) is 0 Å². The topological polar surface area (TPSA) is 86.5 Å². The molecule has 160 valence electrons. The van der Waals surface area contributed by atoms with Crippen LogP contribution in [0.15, 0.2) is 70.8 Å². The number of para-hydroxylation sites is 1. The van der Waals surface area contributed by atoms with Crippen molar-refractivity contribution in [1.29, 1.82) is 0 Å². The van der Waals surface area contributed by atoms with Gasteiger partial charge in [-0.3, -0.25) is 14.5 Å². The summed E-state index contributed by atoms with van der Waals surface area (Å²) in [6, 6.07) is 15.1. The number of aliphatic hydroxyl groups excluding tert-OH is 1. The first-order chi connectivity index (χ1) is 15.4. The van der Waals surface area contributed by atoms with Crippen molar-refractivity contribution in [2.24, 2.45) is 0 Å². The molecule has 1 amide bonds. The summed E-state index contributed by atoms with van der Waals surface area (Å²) >= 11 is 6.31. The summed E-state index contributed by atoms with van der Waals surface area (Å²) in [6.45, 7) is 3.63. The number of amides is 1. The Balaban J connectivity index is 1.75. The lowest BCUT2D eigenvalue weighted by molar-refractivity contribution is -0.132. The number of benzene rings is 2. The molecule has 0 bridgehead atoms. The van der Waals surface area contributed by atoms with Crippen molar-refractivity contribution in [1.82, 2.24) is 4.98 Å². The minimum absolute atomic E-state index is 0.0363. The van der Waals surface area contributed by atoms with Gasteiger partial charge in [0.15, 0.2) is 0 Å². The molecule has 1 atom stereocenters. The van der Waals surface area contributed by atoms with Crippen LogP contribution in [0.4, 0.5) is 5.69 Å². The third-order valence-corrected chi connectivity index (χ3v) is 6.16. The van der Waals surface area contributed by atoms with E-state index in [0.29, 0.717) is 27.8 Å². The van der Waals surface area contributed by atoms with Crippen LogP contribution in [0.25, 0.3) is 16.7 Å². The first-order valence-electron chi connectivity index (χ1n) is 10.1. The van der Waals surface area contributed by atoms with Gasteiger partial charge in [-0.2, -0.15) is 0 Å². The van der Waals surface area contributed by atoms with Crippen LogP contribution in [0, 0.1) is 13.8 Å². The summed E-state index contributed by atoms with van der Waals surface area (Å²) in [6.07, 6.45) is 1.63. The highest BCUT2D eigenvalue weighted by atomic mass is 35.5. The van der Waals surface area contributed by atoms with E-state index in [0.717, 1.165) is 16.5 Å². The summed E-state index contributed by atoms with van der Waals surface area (Å²) in [4.78, 5) is 30.8. The number of hydrogen-bond donors (Lipinski definition) is 2. The third-order valence-electron chi connectivity index (χ3n) is 5.75. The maximum absolute atomic E-state index is 13.2. The van der Waals surface area contributed by atoms with Gasteiger partial charge in [-0.25, -0.2) is 0 Å². The van der Waals surface area contributed by atoms with Gasteiger partial charge >= 0.3 is 0 Å². The molecular formula is C25H19ClN2O4. The van der Waals surface area contributed by atoms with Gasteiger partial charge in [0.25, 0.3) is 11.7 Å². The number of nitrogens with one attached hydrogen (secondary N) is 1. The number of nitrogens with zero attached hydrogens (tertiary/aromatic N) is 1. The fourth-order valence-electron chi connectivity index (χ4n) is 4.11. The number of H-pyrrole nitrogens is 1. The number of carbonyl (C=O) groups is 2. The molecule has 5 rings (SSSR count). The Morgan fingerprint density at radius 1 is 1.09 bits per heavy atom. The molecule has 1 aliphatic rings. The maximum atomic E-state index is 13.2. The number of hydrogen-bond acceptors (Lipinski definition) is 4. The first kappa shape index (κ1) is 20.2. The highest BCUT2D eigenvalue weighted by Gasteiger charge is 2.48. The number of aromatic amines is 1. The number of Topliss-reactive ketones (excluding diaryl/α,β-unsaturated/α-hetero) is 1. The Morgan fingerprint density at radius 2 is 1.88 bits per heavy atom. The largest absolute Gasteiger partial charge is 0.507 e. The molecule has 1 saturated heterocycles. The Kier molecular flexibility index (Phi) is 4.68. The SMILES string of the molecule is Cc1ccc(C2/C(=C(/O)c3c[nH]c4ccccc34)C(=O)C(=O)N2c2ccc(C)c(Cl)c2)o1. The first-order valence-corrected chi connectivity index (χ1v) is 10.4. The standard InChI is InChI=1S/C25H19ClN2O4/c1-13-7-9-15(11-18(13)26)28-22(20-10-8-14(2)32-20)21(24(30)25(28)31)23(29)17-12-27-19-6-4-3-5-16(17)19/h3-12,22,27,29H,1-2H3/b23-21-. The van der Waals surface area contributed by atoms with E-state index in [4.69, 9.17) is 16.0 Å². The van der Waals surface area contributed by atoms with Crippen LogP contribution in [0.5, 0.6) is 0 Å². The molecule has 1 fully saturated rings. The molecule has 32 heavy (non-hydrogen) atoms. The molecule has 1 aliphatic heterocycles. The van der Waals surface area contributed by atoms with Crippen molar-refractivity contribution >= 4 is 45.6 Å². The normalized spacial score (nSPS) is 18.1. The molecule has 4 aromatic rings. The van der Waals surface area contributed by atoms with Crippen LogP contribution in [0.1, 0.15) is 28.7 Å². The Hall–Kier alpha value is -3.77. The number of aliphatic hydroxyl groups is 1. The number of fused-ring (bicyclic) bond motifs is 1. The van der Waals surface area contributed by atoms with E-state index >= 15 is 0 Å². The summed E-state index contributed by atoms with van der Waals surface area (Å²) in [5.74, 6) is -0.811. The second-order valence-electron chi connectivity index (χ2n) is 7.80.